The molecule has 1 fully saturated rings. The van der Waals surface area contributed by atoms with Crippen LogP contribution in [0.3, 0.4) is 0 Å². The second-order valence-electron chi connectivity index (χ2n) is 3.87. The van der Waals surface area contributed by atoms with Crippen molar-refractivity contribution < 1.29 is 14.3 Å². The highest BCUT2D eigenvalue weighted by Crippen LogP contribution is 1.98. The van der Waals surface area contributed by atoms with E-state index in [0.29, 0.717) is 13.1 Å². The lowest BCUT2D eigenvalue weighted by molar-refractivity contribution is 0.115. The molecule has 1 saturated heterocycles. The molecule has 94 valence electrons. The number of hydrogen-bond donors (Lipinski definition) is 1. The molecule has 2 rings (SSSR count). The summed E-state index contributed by atoms with van der Waals surface area (Å²) in [6.45, 7) is 3.00. The zero-order chi connectivity index (χ0) is 12.7. The van der Waals surface area contributed by atoms with Crippen molar-refractivity contribution in [2.45, 2.75) is 0 Å². The Balaban J connectivity index is 0.000000181. The van der Waals surface area contributed by atoms with E-state index >= 15 is 0 Å². The second-order valence-corrected chi connectivity index (χ2v) is 3.87. The predicted octanol–water partition coefficient (Wildman–Crippen LogP) is 1.74. The number of likely N-dealkylation sites (N-methyl/N-ethyl adjacent to an activating group) is 1. The molecule has 0 saturated carbocycles. The maximum Gasteiger partial charge on any atom is 0.407 e. The Hall–Kier alpha value is -1.62. The minimum Gasteiger partial charge on any atom is -0.465 e. The van der Waals surface area contributed by atoms with Gasteiger partial charge in [-0.25, -0.2) is 9.18 Å². The first-order valence-corrected chi connectivity index (χ1v) is 5.46. The highest BCUT2D eigenvalue weighted by atomic mass is 19.1. The molecule has 0 atom stereocenters. The van der Waals surface area contributed by atoms with Crippen molar-refractivity contribution in [2.75, 3.05) is 33.2 Å². The van der Waals surface area contributed by atoms with Crippen molar-refractivity contribution in [2.24, 2.45) is 0 Å². The van der Waals surface area contributed by atoms with E-state index in [1.807, 2.05) is 7.05 Å². The molecule has 1 aliphatic heterocycles. The number of benzene rings is 1. The first kappa shape index (κ1) is 13.4. The van der Waals surface area contributed by atoms with Gasteiger partial charge in [0, 0.05) is 26.2 Å². The number of halogens is 1. The summed E-state index contributed by atoms with van der Waals surface area (Å²) in [5.41, 5.74) is 0. The van der Waals surface area contributed by atoms with Gasteiger partial charge in [-0.15, -0.1) is 0 Å². The fraction of sp³-hybridized carbons (Fsp3) is 0.417. The lowest BCUT2D eigenvalue weighted by atomic mass is 10.3. The summed E-state index contributed by atoms with van der Waals surface area (Å²) in [5.74, 6) is -0.178. The zero-order valence-corrected chi connectivity index (χ0v) is 9.84. The topological polar surface area (TPSA) is 43.8 Å². The van der Waals surface area contributed by atoms with Crippen LogP contribution in [0.15, 0.2) is 30.3 Å². The molecule has 0 bridgehead atoms. The normalized spacial score (nSPS) is 16.0. The van der Waals surface area contributed by atoms with Crippen molar-refractivity contribution >= 4 is 6.09 Å². The molecule has 5 heteroatoms. The number of carbonyl (C=O) groups is 1. The van der Waals surface area contributed by atoms with Crippen LogP contribution in [0.4, 0.5) is 9.18 Å². The van der Waals surface area contributed by atoms with Crippen LogP contribution in [0.25, 0.3) is 0 Å². The Morgan fingerprint density at radius 3 is 2.06 bits per heavy atom. The van der Waals surface area contributed by atoms with Gasteiger partial charge < -0.3 is 14.9 Å². The first-order chi connectivity index (χ1) is 8.09. The van der Waals surface area contributed by atoms with Gasteiger partial charge in [0.1, 0.15) is 5.82 Å². The zero-order valence-electron chi connectivity index (χ0n) is 9.84. The number of hydrogen-bond acceptors (Lipinski definition) is 2. The summed E-state index contributed by atoms with van der Waals surface area (Å²) in [4.78, 5) is 13.9. The number of piperazine rings is 1. The molecule has 4 nitrogen and oxygen atoms in total. The monoisotopic (exact) mass is 240 g/mol. The minimum atomic E-state index is -0.798. The average molecular weight is 240 g/mol. The van der Waals surface area contributed by atoms with E-state index in [1.54, 1.807) is 18.2 Å². The number of carboxylic acid groups (broad SMARTS) is 1. The van der Waals surface area contributed by atoms with Gasteiger partial charge in [0.2, 0.25) is 0 Å². The molecule has 1 aliphatic rings. The molecule has 1 heterocycles. The van der Waals surface area contributed by atoms with Crippen LogP contribution in [0.1, 0.15) is 0 Å². The van der Waals surface area contributed by atoms with Gasteiger partial charge in [-0.1, -0.05) is 18.2 Å². The quantitative estimate of drug-likeness (QED) is 0.751. The maximum atomic E-state index is 11.9. The Bertz CT molecular complexity index is 338. The van der Waals surface area contributed by atoms with Crippen molar-refractivity contribution in [1.29, 1.82) is 0 Å². The second kappa shape index (κ2) is 6.85. The van der Waals surface area contributed by atoms with Crippen molar-refractivity contribution in [1.82, 2.24) is 9.80 Å². The molecule has 1 aromatic rings. The van der Waals surface area contributed by atoms with Gasteiger partial charge in [-0.3, -0.25) is 0 Å². The van der Waals surface area contributed by atoms with Gasteiger partial charge in [0.05, 0.1) is 0 Å². The number of amides is 1. The molecule has 0 aromatic heterocycles. The lowest BCUT2D eigenvalue weighted by Crippen LogP contribution is -2.46. The van der Waals surface area contributed by atoms with Crippen molar-refractivity contribution in [3.05, 3.63) is 36.1 Å². The molecule has 0 aliphatic carbocycles. The lowest BCUT2D eigenvalue weighted by Gasteiger charge is -2.30. The summed E-state index contributed by atoms with van der Waals surface area (Å²) in [6, 6.07) is 7.94. The molecule has 0 radical (unpaired) electrons. The van der Waals surface area contributed by atoms with Gasteiger partial charge in [-0.05, 0) is 19.2 Å². The van der Waals surface area contributed by atoms with E-state index in [2.05, 4.69) is 4.90 Å². The van der Waals surface area contributed by atoms with Gasteiger partial charge >= 0.3 is 6.09 Å². The third-order valence-electron chi connectivity index (χ3n) is 2.51. The van der Waals surface area contributed by atoms with Crippen LogP contribution in [0, 0.1) is 5.82 Å². The summed E-state index contributed by atoms with van der Waals surface area (Å²) in [6.07, 6.45) is -0.798. The van der Waals surface area contributed by atoms with Crippen LogP contribution < -0.4 is 0 Å². The Labute approximate surface area is 100 Å². The minimum absolute atomic E-state index is 0.178. The van der Waals surface area contributed by atoms with Crippen LogP contribution in [0.5, 0.6) is 0 Å². The summed E-state index contributed by atoms with van der Waals surface area (Å²) in [5, 5.41) is 8.53. The molecule has 1 amide bonds. The molecular formula is C12H17FN2O2. The molecule has 17 heavy (non-hydrogen) atoms. The third-order valence-corrected chi connectivity index (χ3v) is 2.51. The Morgan fingerprint density at radius 1 is 1.18 bits per heavy atom. The molecule has 1 aromatic carbocycles. The van der Waals surface area contributed by atoms with Gasteiger partial charge in [-0.2, -0.15) is 0 Å². The Kier molecular flexibility index (Phi) is 5.42. The fourth-order valence-electron chi connectivity index (χ4n) is 1.41. The smallest absolute Gasteiger partial charge is 0.407 e. The SMILES string of the molecule is CN1CCN(C(=O)O)CC1.Fc1ccccc1. The van der Waals surface area contributed by atoms with Crippen LogP contribution >= 0.6 is 0 Å². The average Bonchev–Trinajstić information content (AvgIpc) is 2.31. The molecule has 0 spiro atoms. The van der Waals surface area contributed by atoms with Gasteiger partial charge in [0.15, 0.2) is 0 Å². The fourth-order valence-corrected chi connectivity index (χ4v) is 1.41. The summed E-state index contributed by atoms with van der Waals surface area (Å²) in [7, 11) is 2.00. The first-order valence-electron chi connectivity index (χ1n) is 5.46. The van der Waals surface area contributed by atoms with Gasteiger partial charge in [0.25, 0.3) is 0 Å². The Morgan fingerprint density at radius 2 is 1.71 bits per heavy atom. The van der Waals surface area contributed by atoms with E-state index in [4.69, 9.17) is 5.11 Å². The predicted molar refractivity (Wildman–Crippen MR) is 63.5 cm³/mol. The largest absolute Gasteiger partial charge is 0.465 e. The summed E-state index contributed by atoms with van der Waals surface area (Å²) >= 11 is 0. The van der Waals surface area contributed by atoms with Crippen LogP contribution in [-0.2, 0) is 0 Å². The van der Waals surface area contributed by atoms with Crippen molar-refractivity contribution in [3.63, 3.8) is 0 Å². The van der Waals surface area contributed by atoms with E-state index in [0.717, 1.165) is 13.1 Å². The maximum absolute atomic E-state index is 11.9. The van der Waals surface area contributed by atoms with E-state index in [1.165, 1.54) is 17.0 Å². The van der Waals surface area contributed by atoms with Crippen LogP contribution in [-0.4, -0.2) is 54.2 Å². The molecule has 1 N–H and O–H groups in total. The van der Waals surface area contributed by atoms with E-state index in [-0.39, 0.29) is 5.82 Å². The molecular weight excluding hydrogens is 223 g/mol. The number of nitrogens with zero attached hydrogens (tertiary/aromatic N) is 2. The third kappa shape index (κ3) is 5.31. The van der Waals surface area contributed by atoms with Crippen LogP contribution in [0.2, 0.25) is 0 Å². The van der Waals surface area contributed by atoms with E-state index < -0.39 is 6.09 Å². The highest BCUT2D eigenvalue weighted by Gasteiger charge is 2.16. The standard InChI is InChI=1S/C6H5F.C6H12N2O2/c7-6-4-2-1-3-5-6;1-7-2-4-8(5-3-7)6(9)10/h1-5H;2-5H2,1H3,(H,9,10). The summed E-state index contributed by atoms with van der Waals surface area (Å²) < 4.78 is 11.9. The van der Waals surface area contributed by atoms with E-state index in [9.17, 15) is 9.18 Å². The molecule has 0 unspecified atom stereocenters. The highest BCUT2D eigenvalue weighted by molar-refractivity contribution is 5.65. The number of rotatable bonds is 0. The van der Waals surface area contributed by atoms with Crippen molar-refractivity contribution in [3.8, 4) is 0 Å².